The second kappa shape index (κ2) is 7.09. The van der Waals surface area contributed by atoms with Gasteiger partial charge in [-0.15, -0.1) is 0 Å². The SMILES string of the molecule is Cc1c(NC(=O)CCc2cnn(C)c2)cccc1C(=O)N(C)C. The molecule has 2 amide bonds. The van der Waals surface area contributed by atoms with E-state index in [1.54, 1.807) is 37.1 Å². The maximum absolute atomic E-state index is 12.1. The lowest BCUT2D eigenvalue weighted by atomic mass is 10.1. The minimum Gasteiger partial charge on any atom is -0.345 e. The third-order valence-corrected chi connectivity index (χ3v) is 3.64. The van der Waals surface area contributed by atoms with Crippen LogP contribution >= 0.6 is 0 Å². The molecule has 0 saturated carbocycles. The monoisotopic (exact) mass is 314 g/mol. The molecule has 0 unspecified atom stereocenters. The van der Waals surface area contributed by atoms with Gasteiger partial charge in [-0.3, -0.25) is 14.3 Å². The van der Waals surface area contributed by atoms with Crippen molar-refractivity contribution in [3.63, 3.8) is 0 Å². The van der Waals surface area contributed by atoms with Gasteiger partial charge in [0.1, 0.15) is 0 Å². The number of nitrogens with zero attached hydrogens (tertiary/aromatic N) is 3. The average molecular weight is 314 g/mol. The van der Waals surface area contributed by atoms with Gasteiger partial charge < -0.3 is 10.2 Å². The molecule has 0 bridgehead atoms. The molecular formula is C17H22N4O2. The molecule has 122 valence electrons. The topological polar surface area (TPSA) is 67.2 Å². The molecule has 0 aliphatic carbocycles. The van der Waals surface area contributed by atoms with Crippen molar-refractivity contribution in [2.45, 2.75) is 19.8 Å². The van der Waals surface area contributed by atoms with Crippen molar-refractivity contribution in [1.82, 2.24) is 14.7 Å². The van der Waals surface area contributed by atoms with Crippen LogP contribution in [0.15, 0.2) is 30.6 Å². The summed E-state index contributed by atoms with van der Waals surface area (Å²) < 4.78 is 1.72. The molecule has 6 heteroatoms. The second-order valence-electron chi connectivity index (χ2n) is 5.75. The number of carbonyl (C=O) groups is 2. The maximum Gasteiger partial charge on any atom is 0.253 e. The number of amides is 2. The summed E-state index contributed by atoms with van der Waals surface area (Å²) in [5.74, 6) is -0.152. The molecule has 0 aliphatic heterocycles. The number of aromatic nitrogens is 2. The molecule has 2 rings (SSSR count). The number of rotatable bonds is 5. The highest BCUT2D eigenvalue weighted by Gasteiger charge is 2.14. The van der Waals surface area contributed by atoms with Gasteiger partial charge in [-0.05, 0) is 36.6 Å². The number of carbonyl (C=O) groups excluding carboxylic acids is 2. The first-order chi connectivity index (χ1) is 10.9. The van der Waals surface area contributed by atoms with Crippen LogP contribution in [0.3, 0.4) is 0 Å². The molecule has 0 spiro atoms. The van der Waals surface area contributed by atoms with E-state index in [1.165, 1.54) is 4.90 Å². The molecule has 2 aromatic rings. The van der Waals surface area contributed by atoms with E-state index in [0.717, 1.165) is 11.1 Å². The highest BCUT2D eigenvalue weighted by Crippen LogP contribution is 2.20. The predicted molar refractivity (Wildman–Crippen MR) is 89.4 cm³/mol. The zero-order chi connectivity index (χ0) is 17.0. The smallest absolute Gasteiger partial charge is 0.253 e. The van der Waals surface area contributed by atoms with Gasteiger partial charge in [0.25, 0.3) is 5.91 Å². The van der Waals surface area contributed by atoms with Gasteiger partial charge in [0.05, 0.1) is 6.20 Å². The number of nitrogens with one attached hydrogen (secondary N) is 1. The first-order valence-electron chi connectivity index (χ1n) is 7.47. The fourth-order valence-corrected chi connectivity index (χ4v) is 2.32. The van der Waals surface area contributed by atoms with Gasteiger partial charge in [0.2, 0.25) is 5.91 Å². The number of aryl methyl sites for hydroxylation is 2. The fraction of sp³-hybridized carbons (Fsp3) is 0.353. The molecule has 0 radical (unpaired) electrons. The summed E-state index contributed by atoms with van der Waals surface area (Å²) in [4.78, 5) is 25.8. The van der Waals surface area contributed by atoms with Crippen LogP contribution in [0.1, 0.15) is 27.9 Å². The zero-order valence-electron chi connectivity index (χ0n) is 14.0. The predicted octanol–water partition coefficient (Wildman–Crippen LogP) is 2.00. The van der Waals surface area contributed by atoms with Crippen LogP contribution in [0.25, 0.3) is 0 Å². The average Bonchev–Trinajstić information content (AvgIpc) is 2.92. The molecule has 0 atom stereocenters. The van der Waals surface area contributed by atoms with Crippen molar-refractivity contribution in [2.75, 3.05) is 19.4 Å². The first kappa shape index (κ1) is 16.7. The normalized spacial score (nSPS) is 10.4. The minimum absolute atomic E-state index is 0.0750. The highest BCUT2D eigenvalue weighted by molar-refractivity contribution is 5.99. The Kier molecular flexibility index (Phi) is 5.16. The summed E-state index contributed by atoms with van der Waals surface area (Å²) in [5.41, 5.74) is 3.07. The van der Waals surface area contributed by atoms with Crippen molar-refractivity contribution in [1.29, 1.82) is 0 Å². The lowest BCUT2D eigenvalue weighted by Crippen LogP contribution is -2.23. The van der Waals surface area contributed by atoms with Gasteiger partial charge >= 0.3 is 0 Å². The van der Waals surface area contributed by atoms with E-state index in [-0.39, 0.29) is 11.8 Å². The van der Waals surface area contributed by atoms with E-state index < -0.39 is 0 Å². The summed E-state index contributed by atoms with van der Waals surface area (Å²) in [6.45, 7) is 1.84. The van der Waals surface area contributed by atoms with E-state index in [0.29, 0.717) is 24.1 Å². The Labute approximate surface area is 136 Å². The quantitative estimate of drug-likeness (QED) is 0.918. The Balaban J connectivity index is 2.03. The third-order valence-electron chi connectivity index (χ3n) is 3.64. The molecule has 6 nitrogen and oxygen atoms in total. The van der Waals surface area contributed by atoms with Crippen molar-refractivity contribution in [3.8, 4) is 0 Å². The molecule has 1 N–H and O–H groups in total. The van der Waals surface area contributed by atoms with E-state index in [2.05, 4.69) is 10.4 Å². The van der Waals surface area contributed by atoms with Gasteiger partial charge in [-0.1, -0.05) is 6.07 Å². The van der Waals surface area contributed by atoms with Gasteiger partial charge in [0, 0.05) is 45.0 Å². The molecule has 0 fully saturated rings. The maximum atomic E-state index is 12.1. The van der Waals surface area contributed by atoms with Crippen LogP contribution in [0.5, 0.6) is 0 Å². The third kappa shape index (κ3) is 4.18. The number of benzene rings is 1. The van der Waals surface area contributed by atoms with E-state index in [4.69, 9.17) is 0 Å². The Hall–Kier alpha value is -2.63. The second-order valence-corrected chi connectivity index (χ2v) is 5.75. The molecule has 23 heavy (non-hydrogen) atoms. The first-order valence-corrected chi connectivity index (χ1v) is 7.47. The largest absolute Gasteiger partial charge is 0.345 e. The van der Waals surface area contributed by atoms with Gasteiger partial charge in [0.15, 0.2) is 0 Å². The summed E-state index contributed by atoms with van der Waals surface area (Å²) in [5, 5.41) is 6.97. The Morgan fingerprint density at radius 2 is 2.04 bits per heavy atom. The standard InChI is InChI=1S/C17H22N4O2/c1-12-14(17(23)20(2)3)6-5-7-15(12)19-16(22)9-8-13-10-18-21(4)11-13/h5-7,10-11H,8-9H2,1-4H3,(H,19,22). The van der Waals surface area contributed by atoms with Crippen LogP contribution in [-0.2, 0) is 18.3 Å². The summed E-state index contributed by atoms with van der Waals surface area (Å²) in [7, 11) is 5.27. The Bertz CT molecular complexity index is 719. The highest BCUT2D eigenvalue weighted by atomic mass is 16.2. The van der Waals surface area contributed by atoms with E-state index in [1.807, 2.05) is 26.2 Å². The Morgan fingerprint density at radius 1 is 1.30 bits per heavy atom. The number of hydrogen-bond donors (Lipinski definition) is 1. The van der Waals surface area contributed by atoms with Crippen LogP contribution in [0, 0.1) is 6.92 Å². The van der Waals surface area contributed by atoms with Crippen molar-refractivity contribution in [3.05, 3.63) is 47.3 Å². The minimum atomic E-state index is -0.0774. The lowest BCUT2D eigenvalue weighted by Gasteiger charge is -2.15. The van der Waals surface area contributed by atoms with Crippen molar-refractivity contribution >= 4 is 17.5 Å². The van der Waals surface area contributed by atoms with Crippen molar-refractivity contribution in [2.24, 2.45) is 7.05 Å². The van der Waals surface area contributed by atoms with Gasteiger partial charge in [-0.2, -0.15) is 5.10 Å². The van der Waals surface area contributed by atoms with Crippen LogP contribution < -0.4 is 5.32 Å². The lowest BCUT2D eigenvalue weighted by molar-refractivity contribution is -0.116. The molecule has 1 heterocycles. The summed E-state index contributed by atoms with van der Waals surface area (Å²) in [6, 6.07) is 5.35. The van der Waals surface area contributed by atoms with Gasteiger partial charge in [-0.25, -0.2) is 0 Å². The zero-order valence-corrected chi connectivity index (χ0v) is 14.0. The summed E-state index contributed by atoms with van der Waals surface area (Å²) in [6.07, 6.45) is 4.66. The number of anilines is 1. The van der Waals surface area contributed by atoms with E-state index in [9.17, 15) is 9.59 Å². The molecule has 1 aromatic heterocycles. The Morgan fingerprint density at radius 3 is 2.65 bits per heavy atom. The molecule has 0 aliphatic rings. The van der Waals surface area contributed by atoms with E-state index >= 15 is 0 Å². The van der Waals surface area contributed by atoms with Crippen LogP contribution in [0.2, 0.25) is 0 Å². The van der Waals surface area contributed by atoms with Crippen LogP contribution in [0.4, 0.5) is 5.69 Å². The van der Waals surface area contributed by atoms with Crippen molar-refractivity contribution < 1.29 is 9.59 Å². The molecule has 1 aromatic carbocycles. The molecule has 0 saturated heterocycles. The number of hydrogen-bond acceptors (Lipinski definition) is 3. The fourth-order valence-electron chi connectivity index (χ4n) is 2.32. The summed E-state index contributed by atoms with van der Waals surface area (Å²) >= 11 is 0. The van der Waals surface area contributed by atoms with Crippen LogP contribution in [-0.4, -0.2) is 40.6 Å². The molecular weight excluding hydrogens is 292 g/mol.